The summed E-state index contributed by atoms with van der Waals surface area (Å²) in [6.07, 6.45) is 0. The molecule has 0 radical (unpaired) electrons. The van der Waals surface area contributed by atoms with Gasteiger partial charge in [-0.3, -0.25) is 0 Å². The van der Waals surface area contributed by atoms with Crippen LogP contribution in [-0.4, -0.2) is 41.1 Å². The van der Waals surface area contributed by atoms with Crippen LogP contribution in [0.2, 0.25) is 0 Å². The summed E-state index contributed by atoms with van der Waals surface area (Å²) in [6, 6.07) is 19.3. The quantitative estimate of drug-likeness (QED) is 0.275. The molecule has 1 aliphatic heterocycles. The van der Waals surface area contributed by atoms with E-state index in [2.05, 4.69) is 112 Å². The van der Waals surface area contributed by atoms with E-state index in [1.54, 1.807) is 13.8 Å². The molecule has 1 heterocycles. The second-order valence-electron chi connectivity index (χ2n) is 9.14. The summed E-state index contributed by atoms with van der Waals surface area (Å²) < 4.78 is 2.01. The van der Waals surface area contributed by atoms with E-state index in [-0.39, 0.29) is 13.2 Å². The van der Waals surface area contributed by atoms with Gasteiger partial charge in [0.25, 0.3) is 0 Å². The number of aliphatic hydroxyl groups is 2. The molecule has 4 rings (SSSR count). The zero-order valence-electron chi connectivity index (χ0n) is 23.8. The van der Waals surface area contributed by atoms with Crippen molar-refractivity contribution in [2.24, 2.45) is 0 Å². The summed E-state index contributed by atoms with van der Waals surface area (Å²) in [5.74, 6) is 0. The summed E-state index contributed by atoms with van der Waals surface area (Å²) in [6.45, 7) is 21.4. The van der Waals surface area contributed by atoms with E-state index >= 15 is 0 Å². The Balaban J connectivity index is 0.000000403. The average Bonchev–Trinajstić information content (AvgIpc) is 3.28. The Morgan fingerprint density at radius 2 is 1.03 bits per heavy atom. The summed E-state index contributed by atoms with van der Waals surface area (Å²) in [4.78, 5) is 4.81. The monoisotopic (exact) mass is 591 g/mol. The second kappa shape index (κ2) is 17.2. The van der Waals surface area contributed by atoms with Crippen molar-refractivity contribution in [3.8, 4) is 0 Å². The van der Waals surface area contributed by atoms with E-state index in [1.165, 1.54) is 50.3 Å². The molecule has 0 amide bonds. The molecular formula is C32H45N2O2Ru. The van der Waals surface area contributed by atoms with Crippen LogP contribution in [0.3, 0.4) is 0 Å². The molecule has 1 fully saturated rings. The predicted octanol–water partition coefficient (Wildman–Crippen LogP) is 6.36. The third kappa shape index (κ3) is 10.5. The first-order chi connectivity index (χ1) is 17.6. The van der Waals surface area contributed by atoms with Crippen LogP contribution in [-0.2, 0) is 17.9 Å². The van der Waals surface area contributed by atoms with E-state index in [9.17, 15) is 0 Å². The fourth-order valence-corrected chi connectivity index (χ4v) is 4.94. The Morgan fingerprint density at radius 1 is 0.703 bits per heavy atom. The fraction of sp³-hybridized carbons (Fsp3) is 0.375. The van der Waals surface area contributed by atoms with Crippen molar-refractivity contribution < 1.29 is 28.1 Å². The molecule has 3 aromatic carbocycles. The van der Waals surface area contributed by atoms with Gasteiger partial charge >= 0.3 is 58.4 Å². The van der Waals surface area contributed by atoms with Crippen LogP contribution in [0.25, 0.3) is 0 Å². The van der Waals surface area contributed by atoms with Gasteiger partial charge in [-0.1, -0.05) is 35.4 Å². The molecule has 0 bridgehead atoms. The molecule has 3 aromatic rings. The van der Waals surface area contributed by atoms with E-state index in [0.29, 0.717) is 0 Å². The maximum atomic E-state index is 7.57. The SMILES string of the molecule is CCO.CCO.Cc1cc(C)c(N2[CH-]N(c3c(C)cc(C)cc3C)CC2)c(C)c1.[Ru+]=[CH]c1ccccc1. The molecule has 0 aliphatic carbocycles. The van der Waals surface area contributed by atoms with Gasteiger partial charge in [0.15, 0.2) is 0 Å². The van der Waals surface area contributed by atoms with Crippen LogP contribution in [0, 0.1) is 48.2 Å². The minimum atomic E-state index is 0.250. The third-order valence-corrected chi connectivity index (χ3v) is 6.20. The maximum absolute atomic E-state index is 7.57. The number of hydrogen-bond donors (Lipinski definition) is 2. The second-order valence-corrected chi connectivity index (χ2v) is 9.64. The fourth-order valence-electron chi connectivity index (χ4n) is 4.61. The Morgan fingerprint density at radius 3 is 1.30 bits per heavy atom. The van der Waals surface area contributed by atoms with E-state index in [0.717, 1.165) is 13.1 Å². The van der Waals surface area contributed by atoms with Gasteiger partial charge in [0.05, 0.1) is 0 Å². The zero-order chi connectivity index (χ0) is 28.0. The van der Waals surface area contributed by atoms with Gasteiger partial charge in [0, 0.05) is 37.7 Å². The summed E-state index contributed by atoms with van der Waals surface area (Å²) in [5.41, 5.74) is 12.1. The number of rotatable bonds is 3. The first-order valence-electron chi connectivity index (χ1n) is 12.9. The van der Waals surface area contributed by atoms with E-state index in [4.69, 9.17) is 10.2 Å². The normalized spacial score (nSPS) is 11.9. The van der Waals surface area contributed by atoms with Crippen LogP contribution < -0.4 is 9.80 Å². The van der Waals surface area contributed by atoms with Gasteiger partial charge in [-0.2, -0.15) is 6.67 Å². The molecule has 2 N–H and O–H groups in total. The molecule has 0 saturated carbocycles. The Kier molecular flexibility index (Phi) is 15.2. The van der Waals surface area contributed by atoms with E-state index in [1.807, 2.05) is 22.8 Å². The number of aliphatic hydroxyl groups excluding tert-OH is 2. The van der Waals surface area contributed by atoms with Crippen LogP contribution >= 0.6 is 0 Å². The van der Waals surface area contributed by atoms with Crippen LogP contribution in [0.4, 0.5) is 11.4 Å². The Bertz CT molecular complexity index is 988. The number of hydrogen-bond acceptors (Lipinski definition) is 4. The number of anilines is 2. The van der Waals surface area contributed by atoms with Crippen molar-refractivity contribution in [3.63, 3.8) is 0 Å². The molecule has 0 spiro atoms. The zero-order valence-corrected chi connectivity index (χ0v) is 25.6. The molecule has 203 valence electrons. The van der Waals surface area contributed by atoms with Gasteiger partial charge in [-0.15, -0.1) is 0 Å². The summed E-state index contributed by atoms with van der Waals surface area (Å²) in [5, 5.41) is 15.1. The van der Waals surface area contributed by atoms with Crippen molar-refractivity contribution in [3.05, 3.63) is 100 Å². The molecule has 0 atom stereocenters. The molecule has 0 unspecified atom stereocenters. The average molecular weight is 591 g/mol. The van der Waals surface area contributed by atoms with Gasteiger partial charge < -0.3 is 20.0 Å². The van der Waals surface area contributed by atoms with Crippen LogP contribution in [0.5, 0.6) is 0 Å². The van der Waals surface area contributed by atoms with E-state index < -0.39 is 0 Å². The number of nitrogens with zero attached hydrogens (tertiary/aromatic N) is 2. The number of aryl methyl sites for hydroxylation is 6. The number of benzene rings is 3. The van der Waals surface area contributed by atoms with Crippen LogP contribution in [0.1, 0.15) is 52.8 Å². The molecule has 37 heavy (non-hydrogen) atoms. The van der Waals surface area contributed by atoms with Gasteiger partial charge in [0.2, 0.25) is 0 Å². The van der Waals surface area contributed by atoms with Crippen molar-refractivity contribution in [2.75, 3.05) is 36.1 Å². The van der Waals surface area contributed by atoms with Gasteiger partial charge in [0.1, 0.15) is 0 Å². The standard InChI is InChI=1S/C21H27N2.C7H6.2C2H6O.Ru/c1-14-9-16(3)20(17(4)10-14)22-7-8-23(13-22)21-18(5)11-15(2)12-19(21)6;1-7-5-3-2-4-6-7;2*1-2-3;/h9-13H,7-8H2,1-6H3;1-6H;2*3H,2H2,1H3;/q-1;;;;+1. The van der Waals surface area contributed by atoms with Gasteiger partial charge in [-0.25, -0.2) is 0 Å². The first kappa shape index (κ1) is 32.7. The molecule has 1 saturated heterocycles. The Labute approximate surface area is 235 Å². The van der Waals surface area contributed by atoms with Gasteiger partial charge in [-0.05, 0) is 77.6 Å². The van der Waals surface area contributed by atoms with Crippen molar-refractivity contribution >= 4 is 16.0 Å². The topological polar surface area (TPSA) is 46.9 Å². The molecular weight excluding hydrogens is 545 g/mol. The van der Waals surface area contributed by atoms with Crippen molar-refractivity contribution in [1.29, 1.82) is 0 Å². The van der Waals surface area contributed by atoms with Crippen LogP contribution in [0.15, 0.2) is 54.6 Å². The Hall–Kier alpha value is -2.33. The molecule has 0 aromatic heterocycles. The first-order valence-corrected chi connectivity index (χ1v) is 13.9. The molecule has 5 heteroatoms. The molecule has 1 aliphatic rings. The predicted molar refractivity (Wildman–Crippen MR) is 157 cm³/mol. The summed E-state index contributed by atoms with van der Waals surface area (Å²) in [7, 11) is 0. The third-order valence-electron chi connectivity index (χ3n) is 5.62. The van der Waals surface area contributed by atoms with Crippen molar-refractivity contribution in [2.45, 2.75) is 55.4 Å². The summed E-state index contributed by atoms with van der Waals surface area (Å²) >= 11 is 2.48. The minimum absolute atomic E-state index is 0.250. The molecule has 4 nitrogen and oxygen atoms in total. The van der Waals surface area contributed by atoms with Crippen molar-refractivity contribution in [1.82, 2.24) is 0 Å².